The molecule has 0 atom stereocenters. The Morgan fingerprint density at radius 3 is 2.54 bits per heavy atom. The summed E-state index contributed by atoms with van der Waals surface area (Å²) in [5, 5.41) is 7.46. The zero-order valence-electron chi connectivity index (χ0n) is 14.7. The van der Waals surface area contributed by atoms with Crippen LogP contribution in [0.4, 0.5) is 27.8 Å². The van der Waals surface area contributed by atoms with Crippen molar-refractivity contribution in [1.82, 2.24) is 9.78 Å². The molecule has 2 aromatic carbocycles. The van der Waals surface area contributed by atoms with Crippen LogP contribution in [0.1, 0.15) is 24.0 Å². The maximum absolute atomic E-state index is 14.4. The Morgan fingerprint density at radius 2 is 1.79 bits per heavy atom. The van der Waals surface area contributed by atoms with E-state index in [2.05, 4.69) is 10.4 Å². The minimum atomic E-state index is -4.57. The van der Waals surface area contributed by atoms with Crippen LogP contribution in [-0.2, 0) is 12.6 Å². The first-order chi connectivity index (χ1) is 13.4. The number of hydrogen-bond donors (Lipinski definition) is 1. The highest BCUT2D eigenvalue weighted by Crippen LogP contribution is 2.39. The van der Waals surface area contributed by atoms with E-state index in [1.54, 1.807) is 0 Å². The number of nitrogens with zero attached hydrogens (tertiary/aromatic N) is 2. The van der Waals surface area contributed by atoms with Crippen molar-refractivity contribution in [2.45, 2.75) is 25.4 Å². The van der Waals surface area contributed by atoms with Crippen molar-refractivity contribution >= 4 is 5.82 Å². The van der Waals surface area contributed by atoms with Crippen LogP contribution in [0.3, 0.4) is 0 Å². The van der Waals surface area contributed by atoms with Gasteiger partial charge in [0.05, 0.1) is 11.3 Å². The summed E-state index contributed by atoms with van der Waals surface area (Å²) in [6.45, 7) is 0.568. The average molecular weight is 393 g/mol. The third-order valence-corrected chi connectivity index (χ3v) is 4.75. The van der Waals surface area contributed by atoms with Crippen LogP contribution in [0, 0.1) is 11.6 Å². The fraction of sp³-hybridized carbons (Fsp3) is 0.250. The Bertz CT molecular complexity index is 1020. The molecule has 0 aliphatic carbocycles. The topological polar surface area (TPSA) is 29.9 Å². The molecular weight excluding hydrogens is 377 g/mol. The molecule has 28 heavy (non-hydrogen) atoms. The summed E-state index contributed by atoms with van der Waals surface area (Å²) in [7, 11) is 0. The molecule has 3 aromatic rings. The van der Waals surface area contributed by atoms with E-state index in [1.807, 2.05) is 0 Å². The van der Waals surface area contributed by atoms with E-state index in [9.17, 15) is 22.0 Å². The lowest BCUT2D eigenvalue weighted by Crippen LogP contribution is -2.14. The first-order valence-electron chi connectivity index (χ1n) is 8.84. The normalized spacial score (nSPS) is 14.3. The highest BCUT2D eigenvalue weighted by atomic mass is 19.4. The molecule has 4 rings (SSSR count). The summed E-state index contributed by atoms with van der Waals surface area (Å²) in [5.41, 5.74) is -0.0738. The Kier molecular flexibility index (Phi) is 4.56. The molecule has 0 saturated carbocycles. The number of alkyl halides is 3. The van der Waals surface area contributed by atoms with Gasteiger partial charge in [0.1, 0.15) is 23.1 Å². The molecule has 0 amide bonds. The van der Waals surface area contributed by atoms with Crippen LogP contribution in [0.5, 0.6) is 0 Å². The first-order valence-corrected chi connectivity index (χ1v) is 8.84. The summed E-state index contributed by atoms with van der Waals surface area (Å²) in [4.78, 5) is 0. The number of nitrogens with one attached hydrogen (secondary N) is 1. The molecule has 3 nitrogen and oxygen atoms in total. The maximum Gasteiger partial charge on any atom is 0.418 e. The number of para-hydroxylation sites is 1. The second-order valence-electron chi connectivity index (χ2n) is 6.61. The number of fused-ring (bicyclic) bond motifs is 1. The van der Waals surface area contributed by atoms with E-state index in [4.69, 9.17) is 0 Å². The minimum absolute atomic E-state index is 0.0598. The molecule has 1 N–H and O–H groups in total. The van der Waals surface area contributed by atoms with Crippen molar-refractivity contribution in [3.05, 3.63) is 65.2 Å². The van der Waals surface area contributed by atoms with E-state index >= 15 is 0 Å². The van der Waals surface area contributed by atoms with Gasteiger partial charge in [-0.2, -0.15) is 18.3 Å². The van der Waals surface area contributed by atoms with Crippen molar-refractivity contribution < 1.29 is 22.0 Å². The molecule has 1 aliphatic heterocycles. The SMILES string of the molecule is Fc1ccc(-c2nn(-c3ccccc3C(F)(F)F)c3c2CCCCN3)c(F)c1. The summed E-state index contributed by atoms with van der Waals surface area (Å²) >= 11 is 0. The molecule has 2 heterocycles. The highest BCUT2D eigenvalue weighted by Gasteiger charge is 2.35. The molecule has 0 radical (unpaired) electrons. The second kappa shape index (κ2) is 6.92. The quantitative estimate of drug-likeness (QED) is 0.576. The van der Waals surface area contributed by atoms with Crippen molar-refractivity contribution in [2.24, 2.45) is 0 Å². The van der Waals surface area contributed by atoms with Gasteiger partial charge in [0.2, 0.25) is 0 Å². The third kappa shape index (κ3) is 3.23. The standard InChI is InChI=1S/C20H16F5N3/c21-12-8-9-13(16(22)11-12)18-14-5-3-4-10-26-19(14)28(27-18)17-7-2-1-6-15(17)20(23,24)25/h1-2,6-9,11,26H,3-5,10H2. The van der Waals surface area contributed by atoms with E-state index < -0.39 is 23.4 Å². The van der Waals surface area contributed by atoms with Crippen LogP contribution >= 0.6 is 0 Å². The predicted octanol–water partition coefficient (Wildman–Crippen LogP) is 5.58. The number of rotatable bonds is 2. The fourth-order valence-electron chi connectivity index (χ4n) is 3.47. The van der Waals surface area contributed by atoms with Crippen LogP contribution in [-0.4, -0.2) is 16.3 Å². The summed E-state index contributed by atoms with van der Waals surface area (Å²) < 4.78 is 69.5. The van der Waals surface area contributed by atoms with Gasteiger partial charge in [-0.25, -0.2) is 13.5 Å². The van der Waals surface area contributed by atoms with Gasteiger partial charge in [0.25, 0.3) is 0 Å². The monoisotopic (exact) mass is 393 g/mol. The van der Waals surface area contributed by atoms with Gasteiger partial charge in [0.15, 0.2) is 0 Å². The molecule has 146 valence electrons. The highest BCUT2D eigenvalue weighted by molar-refractivity contribution is 5.72. The molecule has 0 fully saturated rings. The first kappa shape index (κ1) is 18.5. The van der Waals surface area contributed by atoms with Crippen molar-refractivity contribution in [3.8, 4) is 16.9 Å². The summed E-state index contributed by atoms with van der Waals surface area (Å²) in [5.74, 6) is -1.12. The van der Waals surface area contributed by atoms with E-state index in [1.165, 1.54) is 28.9 Å². The van der Waals surface area contributed by atoms with Gasteiger partial charge >= 0.3 is 6.18 Å². The lowest BCUT2D eigenvalue weighted by molar-refractivity contribution is -0.137. The van der Waals surface area contributed by atoms with E-state index in [-0.39, 0.29) is 16.9 Å². The van der Waals surface area contributed by atoms with E-state index in [0.29, 0.717) is 24.3 Å². The molecule has 0 unspecified atom stereocenters. The van der Waals surface area contributed by atoms with Gasteiger partial charge in [-0.05, 0) is 43.5 Å². The van der Waals surface area contributed by atoms with Crippen LogP contribution in [0.15, 0.2) is 42.5 Å². The van der Waals surface area contributed by atoms with Gasteiger partial charge in [0, 0.05) is 23.7 Å². The van der Waals surface area contributed by atoms with Gasteiger partial charge < -0.3 is 5.32 Å². The number of halogens is 5. The fourth-order valence-corrected chi connectivity index (χ4v) is 3.47. The summed E-state index contributed by atoms with van der Waals surface area (Å²) in [6, 6.07) is 8.23. The Balaban J connectivity index is 1.97. The van der Waals surface area contributed by atoms with Crippen LogP contribution in [0.25, 0.3) is 16.9 Å². The van der Waals surface area contributed by atoms with Crippen molar-refractivity contribution in [1.29, 1.82) is 0 Å². The largest absolute Gasteiger partial charge is 0.418 e. The Morgan fingerprint density at radius 1 is 1.00 bits per heavy atom. The third-order valence-electron chi connectivity index (χ3n) is 4.75. The van der Waals surface area contributed by atoms with Gasteiger partial charge in [-0.1, -0.05) is 12.1 Å². The molecule has 0 spiro atoms. The van der Waals surface area contributed by atoms with E-state index in [0.717, 1.165) is 31.0 Å². The lowest BCUT2D eigenvalue weighted by atomic mass is 10.0. The minimum Gasteiger partial charge on any atom is -0.370 e. The number of anilines is 1. The predicted molar refractivity (Wildman–Crippen MR) is 95.3 cm³/mol. The summed E-state index contributed by atoms with van der Waals surface area (Å²) in [6.07, 6.45) is -2.44. The smallest absolute Gasteiger partial charge is 0.370 e. The van der Waals surface area contributed by atoms with Gasteiger partial charge in [-0.3, -0.25) is 0 Å². The average Bonchev–Trinajstić information content (AvgIpc) is 2.83. The zero-order chi connectivity index (χ0) is 19.9. The lowest BCUT2D eigenvalue weighted by Gasteiger charge is -2.15. The molecule has 1 aliphatic rings. The zero-order valence-corrected chi connectivity index (χ0v) is 14.7. The number of aromatic nitrogens is 2. The van der Waals surface area contributed by atoms with Crippen LogP contribution in [0.2, 0.25) is 0 Å². The molecule has 1 aromatic heterocycles. The maximum atomic E-state index is 14.4. The Hall–Kier alpha value is -2.90. The molecule has 0 bridgehead atoms. The van der Waals surface area contributed by atoms with Crippen molar-refractivity contribution in [2.75, 3.05) is 11.9 Å². The number of benzene rings is 2. The second-order valence-corrected chi connectivity index (χ2v) is 6.61. The molecule has 8 heteroatoms. The van der Waals surface area contributed by atoms with Crippen LogP contribution < -0.4 is 5.32 Å². The Labute approximate surface area is 157 Å². The van der Waals surface area contributed by atoms with Gasteiger partial charge in [-0.15, -0.1) is 0 Å². The number of hydrogen-bond acceptors (Lipinski definition) is 2. The van der Waals surface area contributed by atoms with Crippen molar-refractivity contribution in [3.63, 3.8) is 0 Å². The molecule has 0 saturated heterocycles. The molecular formula is C20H16F5N3.